The first-order valence-corrected chi connectivity index (χ1v) is 5.99. The van der Waals surface area contributed by atoms with E-state index in [4.69, 9.17) is 9.47 Å². The van der Waals surface area contributed by atoms with Crippen LogP contribution < -0.4 is 9.47 Å². The van der Waals surface area contributed by atoms with Gasteiger partial charge in [-0.3, -0.25) is 0 Å². The van der Waals surface area contributed by atoms with Gasteiger partial charge in [-0.05, 0) is 18.9 Å². The van der Waals surface area contributed by atoms with Crippen molar-refractivity contribution in [3.05, 3.63) is 22.2 Å². The molecular formula is C12H15BrO3. The molecule has 88 valence electrons. The molecule has 0 atom stereocenters. The van der Waals surface area contributed by atoms with Crippen LogP contribution in [-0.2, 0) is 5.41 Å². The van der Waals surface area contributed by atoms with E-state index < -0.39 is 0 Å². The van der Waals surface area contributed by atoms with Crippen LogP contribution in [0.3, 0.4) is 0 Å². The van der Waals surface area contributed by atoms with Gasteiger partial charge in [0.25, 0.3) is 0 Å². The van der Waals surface area contributed by atoms with Crippen molar-refractivity contribution in [1.29, 1.82) is 0 Å². The summed E-state index contributed by atoms with van der Waals surface area (Å²) in [7, 11) is 3.26. The van der Waals surface area contributed by atoms with Gasteiger partial charge in [0.2, 0.25) is 0 Å². The molecule has 1 aromatic carbocycles. The van der Waals surface area contributed by atoms with E-state index in [0.717, 1.165) is 34.4 Å². The summed E-state index contributed by atoms with van der Waals surface area (Å²) in [4.78, 5) is 0. The Bertz CT molecular complexity index is 399. The number of methoxy groups -OCH3 is 2. The van der Waals surface area contributed by atoms with Crippen LogP contribution in [0.4, 0.5) is 0 Å². The number of halogens is 1. The molecule has 0 bridgehead atoms. The predicted octanol–water partition coefficient (Wildman–Crippen LogP) is 2.49. The molecule has 2 rings (SSSR count). The van der Waals surface area contributed by atoms with Crippen LogP contribution in [0.1, 0.15) is 18.4 Å². The fourth-order valence-corrected chi connectivity index (χ4v) is 2.83. The lowest BCUT2D eigenvalue weighted by molar-refractivity contribution is 0.251. The summed E-state index contributed by atoms with van der Waals surface area (Å²) in [5, 5.41) is 9.47. The molecule has 0 heterocycles. The van der Waals surface area contributed by atoms with Crippen molar-refractivity contribution < 1.29 is 14.6 Å². The first kappa shape index (κ1) is 11.7. The van der Waals surface area contributed by atoms with E-state index in [-0.39, 0.29) is 12.0 Å². The number of aliphatic hydroxyl groups is 1. The minimum absolute atomic E-state index is 0.115. The molecule has 0 spiro atoms. The lowest BCUT2D eigenvalue weighted by Gasteiger charge is -2.19. The summed E-state index contributed by atoms with van der Waals surface area (Å²) in [6.45, 7) is 0.161. The fourth-order valence-electron chi connectivity index (χ4n) is 1.99. The Morgan fingerprint density at radius 2 is 2.00 bits per heavy atom. The fraction of sp³-hybridized carbons (Fsp3) is 0.500. The Morgan fingerprint density at radius 3 is 2.44 bits per heavy atom. The summed E-state index contributed by atoms with van der Waals surface area (Å²) in [6, 6.07) is 3.77. The molecule has 0 unspecified atom stereocenters. The maximum absolute atomic E-state index is 9.47. The number of benzene rings is 1. The molecule has 1 aliphatic rings. The Kier molecular flexibility index (Phi) is 3.13. The van der Waals surface area contributed by atoms with Crippen molar-refractivity contribution in [1.82, 2.24) is 0 Å². The zero-order valence-corrected chi connectivity index (χ0v) is 11.0. The van der Waals surface area contributed by atoms with Gasteiger partial charge in [-0.1, -0.05) is 15.9 Å². The normalized spacial score (nSPS) is 17.0. The third-order valence-corrected chi connectivity index (χ3v) is 3.80. The largest absolute Gasteiger partial charge is 0.497 e. The van der Waals surface area contributed by atoms with Crippen LogP contribution in [0, 0.1) is 0 Å². The lowest BCUT2D eigenvalue weighted by atomic mass is 9.96. The zero-order chi connectivity index (χ0) is 11.8. The van der Waals surface area contributed by atoms with Crippen LogP contribution >= 0.6 is 15.9 Å². The quantitative estimate of drug-likeness (QED) is 0.924. The van der Waals surface area contributed by atoms with E-state index in [1.165, 1.54) is 0 Å². The van der Waals surface area contributed by atoms with Crippen LogP contribution in [0.25, 0.3) is 0 Å². The van der Waals surface area contributed by atoms with E-state index >= 15 is 0 Å². The second-order valence-electron chi connectivity index (χ2n) is 4.12. The SMILES string of the molecule is COc1cc(Br)c(C2(CO)CC2)c(OC)c1. The number of hydrogen-bond donors (Lipinski definition) is 1. The molecule has 1 N–H and O–H groups in total. The molecule has 3 nitrogen and oxygen atoms in total. The average Bonchev–Trinajstić information content (AvgIpc) is 3.08. The predicted molar refractivity (Wildman–Crippen MR) is 65.2 cm³/mol. The summed E-state index contributed by atoms with van der Waals surface area (Å²) in [5.74, 6) is 1.53. The maximum Gasteiger partial charge on any atom is 0.127 e. The molecule has 1 saturated carbocycles. The van der Waals surface area contributed by atoms with E-state index in [1.807, 2.05) is 12.1 Å². The molecular weight excluding hydrogens is 272 g/mol. The van der Waals surface area contributed by atoms with E-state index in [0.29, 0.717) is 0 Å². The van der Waals surface area contributed by atoms with Crippen molar-refractivity contribution in [3.63, 3.8) is 0 Å². The number of hydrogen-bond acceptors (Lipinski definition) is 3. The molecule has 0 aliphatic heterocycles. The van der Waals surface area contributed by atoms with Crippen molar-refractivity contribution in [2.45, 2.75) is 18.3 Å². The minimum atomic E-state index is -0.115. The van der Waals surface area contributed by atoms with Gasteiger partial charge < -0.3 is 14.6 Å². The van der Waals surface area contributed by atoms with Crippen LogP contribution in [0.2, 0.25) is 0 Å². The number of ether oxygens (including phenoxy) is 2. The molecule has 4 heteroatoms. The summed E-state index contributed by atoms with van der Waals surface area (Å²) in [6.07, 6.45) is 2.01. The second-order valence-corrected chi connectivity index (χ2v) is 4.98. The molecule has 0 saturated heterocycles. The third-order valence-electron chi connectivity index (χ3n) is 3.17. The number of rotatable bonds is 4. The van der Waals surface area contributed by atoms with E-state index in [1.54, 1.807) is 14.2 Å². The van der Waals surface area contributed by atoms with Gasteiger partial charge >= 0.3 is 0 Å². The third kappa shape index (κ3) is 1.80. The van der Waals surface area contributed by atoms with Crippen molar-refractivity contribution in [2.75, 3.05) is 20.8 Å². The first-order chi connectivity index (χ1) is 7.66. The van der Waals surface area contributed by atoms with Gasteiger partial charge in [0.15, 0.2) is 0 Å². The Balaban J connectivity index is 2.51. The van der Waals surface area contributed by atoms with E-state index in [9.17, 15) is 5.11 Å². The lowest BCUT2D eigenvalue weighted by Crippen LogP contribution is -2.14. The highest BCUT2D eigenvalue weighted by molar-refractivity contribution is 9.10. The smallest absolute Gasteiger partial charge is 0.127 e. The Labute approximate surface area is 104 Å². The monoisotopic (exact) mass is 286 g/mol. The average molecular weight is 287 g/mol. The number of aliphatic hydroxyl groups excluding tert-OH is 1. The van der Waals surface area contributed by atoms with Gasteiger partial charge in [0.1, 0.15) is 11.5 Å². The standard InChI is InChI=1S/C12H15BrO3/c1-15-8-5-9(13)11(10(6-8)16-2)12(7-14)3-4-12/h5-6,14H,3-4,7H2,1-2H3. The summed E-state index contributed by atoms with van der Waals surface area (Å²) in [5.41, 5.74) is 0.939. The van der Waals surface area contributed by atoms with Crippen molar-refractivity contribution in [3.8, 4) is 11.5 Å². The summed E-state index contributed by atoms with van der Waals surface area (Å²) >= 11 is 3.53. The molecule has 0 radical (unpaired) electrons. The topological polar surface area (TPSA) is 38.7 Å². The van der Waals surface area contributed by atoms with Gasteiger partial charge in [0.05, 0.1) is 20.8 Å². The first-order valence-electron chi connectivity index (χ1n) is 5.20. The highest BCUT2D eigenvalue weighted by atomic mass is 79.9. The van der Waals surface area contributed by atoms with Crippen molar-refractivity contribution in [2.24, 2.45) is 0 Å². The van der Waals surface area contributed by atoms with Crippen LogP contribution in [0.5, 0.6) is 11.5 Å². The van der Waals surface area contributed by atoms with Crippen LogP contribution in [-0.4, -0.2) is 25.9 Å². The summed E-state index contributed by atoms with van der Waals surface area (Å²) < 4.78 is 11.5. The Hall–Kier alpha value is -0.740. The molecule has 1 fully saturated rings. The van der Waals surface area contributed by atoms with Gasteiger partial charge in [-0.15, -0.1) is 0 Å². The highest BCUT2D eigenvalue weighted by Gasteiger charge is 2.47. The molecule has 0 amide bonds. The van der Waals surface area contributed by atoms with Gasteiger partial charge in [0, 0.05) is 21.5 Å². The minimum Gasteiger partial charge on any atom is -0.497 e. The molecule has 16 heavy (non-hydrogen) atoms. The second kappa shape index (κ2) is 4.26. The molecule has 1 aliphatic carbocycles. The zero-order valence-electron chi connectivity index (χ0n) is 9.42. The maximum atomic E-state index is 9.47. The van der Waals surface area contributed by atoms with Gasteiger partial charge in [-0.25, -0.2) is 0 Å². The van der Waals surface area contributed by atoms with Crippen molar-refractivity contribution >= 4 is 15.9 Å². The molecule has 0 aromatic heterocycles. The van der Waals surface area contributed by atoms with Gasteiger partial charge in [-0.2, -0.15) is 0 Å². The Morgan fingerprint density at radius 1 is 1.31 bits per heavy atom. The van der Waals surface area contributed by atoms with E-state index in [2.05, 4.69) is 15.9 Å². The molecule has 1 aromatic rings. The van der Waals surface area contributed by atoms with Crippen LogP contribution in [0.15, 0.2) is 16.6 Å². The highest BCUT2D eigenvalue weighted by Crippen LogP contribution is 2.54.